The van der Waals surface area contributed by atoms with Crippen LogP contribution in [0.4, 0.5) is 0 Å². The zero-order valence-corrected chi connectivity index (χ0v) is 13.6. The first-order valence-electron chi connectivity index (χ1n) is 7.09. The third kappa shape index (κ3) is 2.60. The molecule has 0 spiro atoms. The van der Waals surface area contributed by atoms with Gasteiger partial charge in [-0.3, -0.25) is 0 Å². The average Bonchev–Trinajstić information content (AvgIpc) is 2.59. The van der Waals surface area contributed by atoms with Crippen molar-refractivity contribution in [2.45, 2.75) is 0 Å². The van der Waals surface area contributed by atoms with Crippen LogP contribution in [0.3, 0.4) is 0 Å². The molecular weight excluding hydrogens is 292 g/mol. The van der Waals surface area contributed by atoms with Gasteiger partial charge in [-0.25, -0.2) is 0 Å². The molecule has 0 atom stereocenters. The van der Waals surface area contributed by atoms with Crippen molar-refractivity contribution in [2.24, 2.45) is 0 Å². The van der Waals surface area contributed by atoms with Crippen LogP contribution in [0, 0.1) is 0 Å². The van der Waals surface area contributed by atoms with E-state index in [-0.39, 0.29) is 0 Å². The quantitative estimate of drug-likeness (QED) is 0.673. The summed E-state index contributed by atoms with van der Waals surface area (Å²) in [5.41, 5.74) is 0. The predicted molar refractivity (Wildman–Crippen MR) is 85.2 cm³/mol. The van der Waals surface area contributed by atoms with Gasteiger partial charge in [0.2, 0.25) is 0 Å². The molecule has 0 aliphatic heterocycles. The first-order chi connectivity index (χ1) is 10.4. The van der Waals surface area contributed by atoms with Gasteiger partial charge >= 0.3 is 130 Å². The third-order valence-corrected chi connectivity index (χ3v) is 10.2. The van der Waals surface area contributed by atoms with Crippen LogP contribution in [0.1, 0.15) is 0 Å². The Hall–Kier alpha value is -1.67. The van der Waals surface area contributed by atoms with Crippen LogP contribution in [-0.2, 0) is 20.3 Å². The molecule has 0 unspecified atom stereocenters. The summed E-state index contributed by atoms with van der Waals surface area (Å²) in [5, 5.41) is 0. The summed E-state index contributed by atoms with van der Waals surface area (Å²) in [6, 6.07) is 31.9. The molecule has 0 saturated heterocycles. The standard InChI is InChI=1S/3C6H5.CH3O.Ti/c3*1-2-4-6-5-3-1;1-2;/h3*1-5H;1H3;/q;;;-1;+1. The summed E-state index contributed by atoms with van der Waals surface area (Å²) in [7, 11) is 1.85. The fourth-order valence-electron chi connectivity index (χ4n) is 2.87. The van der Waals surface area contributed by atoms with E-state index in [9.17, 15) is 0 Å². The number of rotatable bonds is 4. The zero-order valence-electron chi connectivity index (χ0n) is 12.1. The summed E-state index contributed by atoms with van der Waals surface area (Å²) in [4.78, 5) is 0. The van der Waals surface area contributed by atoms with E-state index < -0.39 is 17.0 Å². The Labute approximate surface area is 130 Å². The van der Waals surface area contributed by atoms with Crippen molar-refractivity contribution in [3.05, 3.63) is 91.0 Å². The second kappa shape index (κ2) is 6.40. The molecule has 0 aliphatic carbocycles. The second-order valence-corrected chi connectivity index (χ2v) is 10.5. The van der Waals surface area contributed by atoms with E-state index in [1.54, 1.807) is 0 Å². The molecule has 3 rings (SSSR count). The van der Waals surface area contributed by atoms with Crippen molar-refractivity contribution in [1.82, 2.24) is 0 Å². The van der Waals surface area contributed by atoms with E-state index in [0.717, 1.165) is 0 Å². The molecule has 0 aliphatic rings. The van der Waals surface area contributed by atoms with Crippen LogP contribution in [0.15, 0.2) is 91.0 Å². The van der Waals surface area contributed by atoms with E-state index in [1.807, 2.05) is 7.11 Å². The molecule has 2 heteroatoms. The van der Waals surface area contributed by atoms with Crippen molar-refractivity contribution >= 4 is 11.6 Å². The molecule has 0 amide bonds. The minimum absolute atomic E-state index is 1.32. The van der Waals surface area contributed by atoms with Gasteiger partial charge in [0.25, 0.3) is 0 Å². The Balaban J connectivity index is 2.29. The average molecular weight is 310 g/mol. The molecule has 3 aromatic rings. The SMILES string of the molecule is C[O][Ti]([c]1ccccc1)([c]1ccccc1)[c]1ccccc1. The van der Waals surface area contributed by atoms with Crippen LogP contribution >= 0.6 is 0 Å². The summed E-state index contributed by atoms with van der Waals surface area (Å²) >= 11 is -3.03. The molecule has 0 N–H and O–H groups in total. The van der Waals surface area contributed by atoms with Crippen LogP contribution in [0.25, 0.3) is 0 Å². The van der Waals surface area contributed by atoms with Gasteiger partial charge in [0.1, 0.15) is 0 Å². The van der Waals surface area contributed by atoms with Crippen LogP contribution < -0.4 is 11.6 Å². The summed E-state index contributed by atoms with van der Waals surface area (Å²) in [6.07, 6.45) is 0. The molecular formula is C19H18OTi. The fraction of sp³-hybridized carbons (Fsp3) is 0.0526. The van der Waals surface area contributed by atoms with E-state index >= 15 is 0 Å². The van der Waals surface area contributed by atoms with E-state index in [2.05, 4.69) is 91.0 Å². The molecule has 0 fully saturated rings. The van der Waals surface area contributed by atoms with Gasteiger partial charge in [0.15, 0.2) is 0 Å². The Bertz CT molecular complexity index is 584. The molecule has 1 nitrogen and oxygen atoms in total. The van der Waals surface area contributed by atoms with Crippen molar-refractivity contribution in [1.29, 1.82) is 0 Å². The van der Waals surface area contributed by atoms with Crippen LogP contribution in [0.2, 0.25) is 0 Å². The molecule has 21 heavy (non-hydrogen) atoms. The summed E-state index contributed by atoms with van der Waals surface area (Å²) in [5.74, 6) is 0. The van der Waals surface area contributed by atoms with E-state index in [1.165, 1.54) is 11.6 Å². The maximum atomic E-state index is 6.28. The molecule has 104 valence electrons. The van der Waals surface area contributed by atoms with Gasteiger partial charge in [-0.2, -0.15) is 0 Å². The van der Waals surface area contributed by atoms with Crippen LogP contribution in [0.5, 0.6) is 0 Å². The zero-order chi connectivity index (χ0) is 14.5. The molecule has 0 aromatic heterocycles. The predicted octanol–water partition coefficient (Wildman–Crippen LogP) is 2.68. The minimum atomic E-state index is -3.03. The number of hydrogen-bond donors (Lipinski definition) is 0. The normalized spacial score (nSPS) is 11.3. The van der Waals surface area contributed by atoms with Gasteiger partial charge in [-0.1, -0.05) is 0 Å². The number of hydrogen-bond acceptors (Lipinski definition) is 1. The van der Waals surface area contributed by atoms with E-state index in [4.69, 9.17) is 3.32 Å². The van der Waals surface area contributed by atoms with Gasteiger partial charge in [0, 0.05) is 0 Å². The van der Waals surface area contributed by atoms with Gasteiger partial charge in [-0.05, 0) is 0 Å². The molecule has 0 saturated carbocycles. The number of benzene rings is 3. The van der Waals surface area contributed by atoms with Crippen molar-refractivity contribution < 1.29 is 20.3 Å². The Morgan fingerprint density at radius 3 is 1.05 bits per heavy atom. The monoisotopic (exact) mass is 310 g/mol. The maximum absolute atomic E-state index is 6.28. The first-order valence-corrected chi connectivity index (χ1v) is 10.1. The fourth-order valence-corrected chi connectivity index (χ4v) is 8.64. The van der Waals surface area contributed by atoms with Gasteiger partial charge in [0.05, 0.1) is 0 Å². The van der Waals surface area contributed by atoms with Crippen molar-refractivity contribution in [3.63, 3.8) is 0 Å². The van der Waals surface area contributed by atoms with Crippen LogP contribution in [-0.4, -0.2) is 7.11 Å². The molecule has 0 radical (unpaired) electrons. The van der Waals surface area contributed by atoms with Crippen molar-refractivity contribution in [2.75, 3.05) is 7.11 Å². The summed E-state index contributed by atoms with van der Waals surface area (Å²) in [6.45, 7) is 0. The summed E-state index contributed by atoms with van der Waals surface area (Å²) < 4.78 is 10.2. The Morgan fingerprint density at radius 2 is 0.810 bits per heavy atom. The Kier molecular flexibility index (Phi) is 4.35. The van der Waals surface area contributed by atoms with Gasteiger partial charge in [-0.15, -0.1) is 0 Å². The first kappa shape index (κ1) is 14.3. The van der Waals surface area contributed by atoms with Crippen molar-refractivity contribution in [3.8, 4) is 0 Å². The molecule has 0 heterocycles. The van der Waals surface area contributed by atoms with E-state index in [0.29, 0.717) is 0 Å². The third-order valence-electron chi connectivity index (χ3n) is 3.85. The topological polar surface area (TPSA) is 9.23 Å². The Morgan fingerprint density at radius 1 is 0.524 bits per heavy atom. The molecule has 0 bridgehead atoms. The second-order valence-electron chi connectivity index (χ2n) is 4.98. The molecule has 3 aromatic carbocycles. The van der Waals surface area contributed by atoms with Gasteiger partial charge < -0.3 is 0 Å².